The lowest BCUT2D eigenvalue weighted by Gasteiger charge is -2.20. The maximum Gasteiger partial charge on any atom is 0.243 e. The van der Waals surface area contributed by atoms with Crippen LogP contribution in [0, 0.1) is 0 Å². The van der Waals surface area contributed by atoms with E-state index in [1.54, 1.807) is 28.6 Å². The van der Waals surface area contributed by atoms with Crippen molar-refractivity contribution in [3.63, 3.8) is 0 Å². The van der Waals surface area contributed by atoms with E-state index < -0.39 is 10.0 Å². The molecular weight excluding hydrogens is 418 g/mol. The first-order valence-electron chi connectivity index (χ1n) is 10.5. The van der Waals surface area contributed by atoms with Crippen LogP contribution < -0.4 is 20.1 Å². The summed E-state index contributed by atoms with van der Waals surface area (Å²) in [5.41, 5.74) is 1.50. The van der Waals surface area contributed by atoms with Gasteiger partial charge in [-0.15, -0.1) is 0 Å². The molecule has 0 radical (unpaired) electrons. The first-order chi connectivity index (χ1) is 15.0. The van der Waals surface area contributed by atoms with E-state index in [-0.39, 0.29) is 24.1 Å². The van der Waals surface area contributed by atoms with Crippen LogP contribution in [0.25, 0.3) is 0 Å². The zero-order valence-electron chi connectivity index (χ0n) is 17.3. The van der Waals surface area contributed by atoms with E-state index in [0.29, 0.717) is 36.8 Å². The van der Waals surface area contributed by atoms with E-state index in [0.717, 1.165) is 31.2 Å². The molecule has 31 heavy (non-hydrogen) atoms. The minimum atomic E-state index is -3.53. The van der Waals surface area contributed by atoms with E-state index in [4.69, 9.17) is 9.47 Å². The van der Waals surface area contributed by atoms with Gasteiger partial charge in [0.1, 0.15) is 0 Å². The van der Waals surface area contributed by atoms with Gasteiger partial charge < -0.3 is 20.1 Å². The number of nitrogens with one attached hydrogen (secondary N) is 2. The molecule has 2 heterocycles. The molecule has 0 aliphatic carbocycles. The van der Waals surface area contributed by atoms with Gasteiger partial charge in [0.2, 0.25) is 22.7 Å². The molecule has 166 valence electrons. The molecule has 8 nitrogen and oxygen atoms in total. The number of amides is 1. The van der Waals surface area contributed by atoms with Crippen LogP contribution in [0.3, 0.4) is 0 Å². The molecular formula is C22H27N3O5S. The lowest BCUT2D eigenvalue weighted by molar-refractivity contribution is -0.119. The summed E-state index contributed by atoms with van der Waals surface area (Å²) >= 11 is 0. The largest absolute Gasteiger partial charge is 0.454 e. The highest BCUT2D eigenvalue weighted by molar-refractivity contribution is 7.89. The van der Waals surface area contributed by atoms with Crippen LogP contribution in [0.1, 0.15) is 31.2 Å². The van der Waals surface area contributed by atoms with Gasteiger partial charge in [-0.25, -0.2) is 8.42 Å². The molecule has 0 aromatic heterocycles. The van der Waals surface area contributed by atoms with Crippen LogP contribution in [0.5, 0.6) is 11.5 Å². The summed E-state index contributed by atoms with van der Waals surface area (Å²) in [5, 5.41) is 5.85. The molecule has 1 saturated heterocycles. The Morgan fingerprint density at radius 3 is 2.55 bits per heavy atom. The van der Waals surface area contributed by atoms with E-state index >= 15 is 0 Å². The Bertz CT molecular complexity index is 1030. The monoisotopic (exact) mass is 445 g/mol. The summed E-state index contributed by atoms with van der Waals surface area (Å²) in [4.78, 5) is 12.5. The summed E-state index contributed by atoms with van der Waals surface area (Å²) in [6.45, 7) is 1.73. The summed E-state index contributed by atoms with van der Waals surface area (Å²) in [5.74, 6) is 1.18. The Hall–Kier alpha value is -2.78. The Morgan fingerprint density at radius 2 is 1.74 bits per heavy atom. The molecule has 0 saturated carbocycles. The molecule has 0 atom stereocenters. The summed E-state index contributed by atoms with van der Waals surface area (Å²) in [6, 6.07) is 12.2. The fourth-order valence-corrected chi connectivity index (χ4v) is 5.26. The van der Waals surface area contributed by atoms with Crippen LogP contribution in [-0.2, 0) is 21.4 Å². The van der Waals surface area contributed by atoms with Crippen molar-refractivity contribution in [2.75, 3.05) is 31.7 Å². The maximum atomic E-state index is 13.0. The maximum absolute atomic E-state index is 13.0. The normalized spacial score (nSPS) is 16.5. The van der Waals surface area contributed by atoms with Crippen molar-refractivity contribution in [1.82, 2.24) is 9.62 Å². The quantitative estimate of drug-likeness (QED) is 0.680. The minimum Gasteiger partial charge on any atom is -0.454 e. The smallest absolute Gasteiger partial charge is 0.243 e. The third-order valence-corrected chi connectivity index (χ3v) is 7.31. The summed E-state index contributed by atoms with van der Waals surface area (Å²) < 4.78 is 38.1. The first kappa shape index (κ1) is 21.5. The van der Waals surface area contributed by atoms with Crippen molar-refractivity contribution < 1.29 is 22.7 Å². The summed E-state index contributed by atoms with van der Waals surface area (Å²) in [6.07, 6.45) is 3.91. The van der Waals surface area contributed by atoms with Gasteiger partial charge >= 0.3 is 0 Å². The van der Waals surface area contributed by atoms with E-state index in [1.807, 2.05) is 18.2 Å². The van der Waals surface area contributed by atoms with Crippen molar-refractivity contribution in [1.29, 1.82) is 0 Å². The van der Waals surface area contributed by atoms with Gasteiger partial charge in [0, 0.05) is 25.3 Å². The molecule has 2 aliphatic rings. The molecule has 1 amide bonds. The second-order valence-corrected chi connectivity index (χ2v) is 9.60. The van der Waals surface area contributed by atoms with Crippen LogP contribution in [0.15, 0.2) is 47.4 Å². The van der Waals surface area contributed by atoms with Crippen LogP contribution >= 0.6 is 0 Å². The second kappa shape index (κ2) is 9.57. The van der Waals surface area contributed by atoms with Gasteiger partial charge in [0.25, 0.3) is 0 Å². The van der Waals surface area contributed by atoms with Gasteiger partial charge in [-0.05, 0) is 48.7 Å². The molecule has 1 fully saturated rings. The van der Waals surface area contributed by atoms with Crippen LogP contribution in [0.2, 0.25) is 0 Å². The number of anilines is 1. The Morgan fingerprint density at radius 1 is 0.968 bits per heavy atom. The molecule has 4 rings (SSSR count). The van der Waals surface area contributed by atoms with E-state index in [9.17, 15) is 13.2 Å². The van der Waals surface area contributed by atoms with E-state index in [2.05, 4.69) is 10.6 Å². The number of fused-ring (bicyclic) bond motifs is 1. The minimum absolute atomic E-state index is 0.0395. The van der Waals surface area contributed by atoms with Crippen molar-refractivity contribution >= 4 is 21.6 Å². The van der Waals surface area contributed by atoms with Crippen molar-refractivity contribution in [3.05, 3.63) is 48.0 Å². The number of carbonyl (C=O) groups is 1. The second-order valence-electron chi connectivity index (χ2n) is 7.66. The molecule has 0 spiro atoms. The predicted molar refractivity (Wildman–Crippen MR) is 117 cm³/mol. The number of benzene rings is 2. The molecule has 2 aromatic rings. The predicted octanol–water partition coefficient (Wildman–Crippen LogP) is 2.71. The Labute approximate surface area is 182 Å². The van der Waals surface area contributed by atoms with Gasteiger partial charge in [-0.1, -0.05) is 25.0 Å². The zero-order valence-corrected chi connectivity index (χ0v) is 18.1. The molecule has 0 unspecified atom stereocenters. The topological polar surface area (TPSA) is 97.0 Å². The fraction of sp³-hybridized carbons (Fsp3) is 0.409. The van der Waals surface area contributed by atoms with Gasteiger partial charge in [-0.3, -0.25) is 4.79 Å². The average molecular weight is 446 g/mol. The number of carbonyl (C=O) groups excluding carboxylic acids is 1. The highest BCUT2D eigenvalue weighted by Gasteiger charge is 2.25. The molecule has 2 N–H and O–H groups in total. The number of nitrogens with zero attached hydrogens (tertiary/aromatic N) is 1. The number of hydrogen-bond donors (Lipinski definition) is 2. The Kier molecular flexibility index (Phi) is 6.62. The highest BCUT2D eigenvalue weighted by Crippen LogP contribution is 2.32. The van der Waals surface area contributed by atoms with E-state index in [1.165, 1.54) is 0 Å². The fourth-order valence-electron chi connectivity index (χ4n) is 3.69. The number of sulfonamides is 1. The van der Waals surface area contributed by atoms with Gasteiger partial charge in [-0.2, -0.15) is 4.31 Å². The number of ether oxygens (including phenoxy) is 2. The van der Waals surface area contributed by atoms with Gasteiger partial charge in [0.05, 0.1) is 11.4 Å². The van der Waals surface area contributed by atoms with Crippen molar-refractivity contribution in [3.8, 4) is 11.5 Å². The third-order valence-electron chi connectivity index (χ3n) is 5.42. The lowest BCUT2D eigenvalue weighted by Crippen LogP contribution is -2.32. The highest BCUT2D eigenvalue weighted by atomic mass is 32.2. The number of hydrogen-bond acceptors (Lipinski definition) is 6. The lowest BCUT2D eigenvalue weighted by atomic mass is 10.2. The molecule has 2 aliphatic heterocycles. The average Bonchev–Trinajstić information content (AvgIpc) is 3.07. The molecule has 0 bridgehead atoms. The standard InChI is InChI=1S/C22H27N3O5S/c26-22(24-14-17-8-9-20-21(12-17)30-16-29-20)15-23-18-6-5-7-19(13-18)31(27,28)25-10-3-1-2-4-11-25/h5-9,12-13,23H,1-4,10-11,14-16H2,(H,24,26). The van der Waals surface area contributed by atoms with Crippen LogP contribution in [-0.4, -0.2) is 45.1 Å². The van der Waals surface area contributed by atoms with Crippen molar-refractivity contribution in [2.24, 2.45) is 0 Å². The summed E-state index contributed by atoms with van der Waals surface area (Å²) in [7, 11) is -3.53. The number of rotatable bonds is 7. The zero-order chi connectivity index (χ0) is 21.7. The van der Waals surface area contributed by atoms with Gasteiger partial charge in [0.15, 0.2) is 11.5 Å². The van der Waals surface area contributed by atoms with Crippen LogP contribution in [0.4, 0.5) is 5.69 Å². The SMILES string of the molecule is O=C(CNc1cccc(S(=O)(=O)N2CCCCCC2)c1)NCc1ccc2c(c1)OCO2. The first-order valence-corrected chi connectivity index (χ1v) is 12.0. The molecule has 9 heteroatoms. The molecule has 2 aromatic carbocycles. The Balaban J connectivity index is 1.32. The third kappa shape index (κ3) is 5.29. The van der Waals surface area contributed by atoms with Crippen molar-refractivity contribution in [2.45, 2.75) is 37.1 Å².